The summed E-state index contributed by atoms with van der Waals surface area (Å²) in [6.07, 6.45) is 13.2. The second-order valence-electron chi connectivity index (χ2n) is 18.1. The number of aromatic nitrogens is 6. The summed E-state index contributed by atoms with van der Waals surface area (Å²) in [7, 11) is 0. The summed E-state index contributed by atoms with van der Waals surface area (Å²) in [5.41, 5.74) is 17.8. The number of rotatable bonds is 9. The number of amides is 2. The van der Waals surface area contributed by atoms with Gasteiger partial charge in [0.1, 0.15) is 35.9 Å². The van der Waals surface area contributed by atoms with Crippen LogP contribution in [0.15, 0.2) is 85.7 Å². The number of halogens is 2. The number of hydrogen-bond donors (Lipinski definition) is 2. The van der Waals surface area contributed by atoms with E-state index in [0.29, 0.717) is 101 Å². The fourth-order valence-corrected chi connectivity index (χ4v) is 9.22. The fraction of sp³-hybridized carbons (Fsp3) is 0.379. The maximum absolute atomic E-state index is 15.3. The molecule has 2 aromatic carbocycles. The number of unbranched alkanes of at least 4 members (excludes halogenated alkanes) is 1. The van der Waals surface area contributed by atoms with Crippen LogP contribution in [0.3, 0.4) is 0 Å². The van der Waals surface area contributed by atoms with Gasteiger partial charge < -0.3 is 21.3 Å². The number of nitrogens with two attached hydrogens (primary N) is 2. The zero-order valence-electron chi connectivity index (χ0n) is 43.2. The van der Waals surface area contributed by atoms with Crippen molar-refractivity contribution in [3.63, 3.8) is 0 Å². The van der Waals surface area contributed by atoms with Crippen molar-refractivity contribution in [2.75, 3.05) is 70.4 Å². The highest BCUT2D eigenvalue weighted by Gasteiger charge is 2.32. The van der Waals surface area contributed by atoms with E-state index in [-0.39, 0.29) is 22.9 Å². The first-order valence-electron chi connectivity index (χ1n) is 25.8. The quantitative estimate of drug-likeness (QED) is 0.133. The molecular formula is C58H66F2N12O2. The molecular weight excluding hydrogens is 935 g/mol. The lowest BCUT2D eigenvalue weighted by atomic mass is 9.98. The van der Waals surface area contributed by atoms with E-state index in [0.717, 1.165) is 63.4 Å². The van der Waals surface area contributed by atoms with Crippen LogP contribution in [0.1, 0.15) is 121 Å². The van der Waals surface area contributed by atoms with Crippen molar-refractivity contribution in [2.24, 2.45) is 0 Å². The average Bonchev–Trinajstić information content (AvgIpc) is 3.44. The molecule has 7 heterocycles. The van der Waals surface area contributed by atoms with Gasteiger partial charge >= 0.3 is 0 Å². The average molecular weight is 1000 g/mol. The molecule has 9 rings (SSSR count). The van der Waals surface area contributed by atoms with Crippen LogP contribution in [0, 0.1) is 35.3 Å². The molecule has 1 atom stereocenters. The van der Waals surface area contributed by atoms with Crippen molar-refractivity contribution < 1.29 is 18.4 Å². The highest BCUT2D eigenvalue weighted by Crippen LogP contribution is 2.29. The number of pyridine rings is 2. The van der Waals surface area contributed by atoms with Crippen molar-refractivity contribution >= 4 is 23.5 Å². The number of piperazine rings is 2. The first kappa shape index (κ1) is 54.1. The highest BCUT2D eigenvalue weighted by atomic mass is 19.1. The monoisotopic (exact) mass is 1000 g/mol. The summed E-state index contributed by atoms with van der Waals surface area (Å²) in [5, 5.41) is 0. The number of piperidine rings is 1. The minimum absolute atomic E-state index is 0.0751. The predicted octanol–water partition coefficient (Wildman–Crippen LogP) is 8.34. The van der Waals surface area contributed by atoms with E-state index < -0.39 is 11.6 Å². The Morgan fingerprint density at radius 2 is 1.12 bits per heavy atom. The highest BCUT2D eigenvalue weighted by molar-refractivity contribution is 5.96. The number of hydrogen-bond acceptors (Lipinski definition) is 12. The molecule has 0 saturated carbocycles. The Balaban J connectivity index is 0.000000209. The molecule has 0 radical (unpaired) electrons. The molecule has 14 nitrogen and oxygen atoms in total. The summed E-state index contributed by atoms with van der Waals surface area (Å²) in [4.78, 5) is 60.3. The lowest BCUT2D eigenvalue weighted by Gasteiger charge is -2.44. The van der Waals surface area contributed by atoms with Gasteiger partial charge in [-0.1, -0.05) is 83.3 Å². The van der Waals surface area contributed by atoms with Crippen molar-refractivity contribution in [1.29, 1.82) is 0 Å². The summed E-state index contributed by atoms with van der Waals surface area (Å²) in [5.74, 6) is 11.6. The number of carbonyl (C=O) groups is 2. The first-order valence-corrected chi connectivity index (χ1v) is 25.8. The molecule has 74 heavy (non-hydrogen) atoms. The normalized spacial score (nSPS) is 15.4. The molecule has 3 saturated heterocycles. The van der Waals surface area contributed by atoms with Crippen molar-refractivity contribution in [3.05, 3.63) is 142 Å². The van der Waals surface area contributed by atoms with Gasteiger partial charge in [-0.2, -0.15) is 0 Å². The lowest BCUT2D eigenvalue weighted by Crippen LogP contribution is -2.56. The van der Waals surface area contributed by atoms with Crippen LogP contribution < -0.4 is 11.5 Å². The lowest BCUT2D eigenvalue weighted by molar-refractivity contribution is 0.0369. The molecule has 4 aromatic heterocycles. The van der Waals surface area contributed by atoms with E-state index in [1.165, 1.54) is 37.6 Å². The van der Waals surface area contributed by atoms with E-state index in [1.807, 2.05) is 27.7 Å². The van der Waals surface area contributed by atoms with Gasteiger partial charge in [-0.25, -0.2) is 38.7 Å². The number of aryl methyl sites for hydroxylation is 2. The second-order valence-corrected chi connectivity index (χ2v) is 18.1. The third-order valence-corrected chi connectivity index (χ3v) is 13.3. The van der Waals surface area contributed by atoms with Gasteiger partial charge in [-0.05, 0) is 93.7 Å². The molecule has 16 heteroatoms. The van der Waals surface area contributed by atoms with E-state index in [9.17, 15) is 9.59 Å². The van der Waals surface area contributed by atoms with Crippen LogP contribution in [0.2, 0.25) is 0 Å². The molecule has 384 valence electrons. The van der Waals surface area contributed by atoms with Gasteiger partial charge in [-0.15, -0.1) is 0 Å². The van der Waals surface area contributed by atoms with Crippen LogP contribution in [0.4, 0.5) is 20.4 Å². The van der Waals surface area contributed by atoms with Crippen LogP contribution in [0.5, 0.6) is 0 Å². The van der Waals surface area contributed by atoms with E-state index >= 15 is 8.78 Å². The van der Waals surface area contributed by atoms with Crippen LogP contribution in [-0.2, 0) is 12.8 Å². The zero-order chi connectivity index (χ0) is 52.6. The third kappa shape index (κ3) is 13.5. The summed E-state index contributed by atoms with van der Waals surface area (Å²) in [6.45, 7) is 17.2. The van der Waals surface area contributed by atoms with Gasteiger partial charge in [0.25, 0.3) is 11.8 Å². The first-order chi connectivity index (χ1) is 36.0. The van der Waals surface area contributed by atoms with Gasteiger partial charge in [0.05, 0.1) is 45.0 Å². The minimum atomic E-state index is -0.566. The standard InChI is InChI=1S/C28H29FN6O.C28H31FN6O.C2H6/c1-2-25-23(9-6-19-7-11-26(30)31-16-19)27(33-18-32-25)20-8-10-22(24(29)15-20)28(36)35-14-13-34-12-4-3-5-21(34)17-35;1-3-5-12-34-13-15-35(16-14-34)28(36)22-10-8-21(17-24(22)29)27-23(25(4-2)32-19-33-27)9-6-20-7-11-26(30)31-18-20;1-2/h7-8,10-11,15-16,18,21H,2-5,12-14,17H2,1H3,(H2,30,31);7-8,10-11,17-19H,3-5,12-16H2,1-2H3,(H2,30,31);1-2H3/t21-;;/m0../s1. The Morgan fingerprint density at radius 3 is 1.59 bits per heavy atom. The molecule has 0 bridgehead atoms. The Bertz CT molecular complexity index is 3010. The zero-order valence-corrected chi connectivity index (χ0v) is 43.2. The van der Waals surface area contributed by atoms with Crippen LogP contribution in [-0.4, -0.2) is 126 Å². The molecule has 2 amide bonds. The van der Waals surface area contributed by atoms with E-state index in [4.69, 9.17) is 11.5 Å². The van der Waals surface area contributed by atoms with Gasteiger partial charge in [0.2, 0.25) is 0 Å². The number of benzene rings is 2. The molecule has 3 aliphatic rings. The summed E-state index contributed by atoms with van der Waals surface area (Å²) >= 11 is 0. The molecule has 4 N–H and O–H groups in total. The predicted molar refractivity (Wildman–Crippen MR) is 287 cm³/mol. The Labute approximate surface area is 434 Å². The number of anilines is 2. The number of nitrogens with zero attached hydrogens (tertiary/aromatic N) is 10. The number of fused-ring (bicyclic) bond motifs is 1. The largest absolute Gasteiger partial charge is 0.384 e. The molecule has 0 spiro atoms. The van der Waals surface area contributed by atoms with E-state index in [1.54, 1.807) is 70.7 Å². The van der Waals surface area contributed by atoms with E-state index in [2.05, 4.69) is 70.3 Å². The SMILES string of the molecule is CC.CCCCN1CCN(C(=O)c2ccc(-c3ncnc(CC)c3C#Cc3ccc(N)nc3)cc2F)CC1.CCc1ncnc(-c2ccc(C(=O)N3CCN4CCCC[C@H]4C3)c(F)c2)c1C#Cc1ccc(N)nc1. The summed E-state index contributed by atoms with van der Waals surface area (Å²) in [6, 6.07) is 16.6. The van der Waals surface area contributed by atoms with Gasteiger partial charge in [-0.3, -0.25) is 19.4 Å². The number of carbonyl (C=O) groups excluding carboxylic acids is 2. The van der Waals surface area contributed by atoms with Crippen molar-refractivity contribution in [2.45, 2.75) is 85.6 Å². The Kier molecular flexibility index (Phi) is 19.3. The van der Waals surface area contributed by atoms with Crippen molar-refractivity contribution in [3.8, 4) is 46.2 Å². The second kappa shape index (κ2) is 26.3. The molecule has 6 aromatic rings. The van der Waals surface area contributed by atoms with Crippen LogP contribution >= 0.6 is 0 Å². The maximum atomic E-state index is 15.3. The maximum Gasteiger partial charge on any atom is 0.256 e. The molecule has 3 aliphatic heterocycles. The molecule has 0 unspecified atom stereocenters. The Morgan fingerprint density at radius 1 is 0.608 bits per heavy atom. The minimum Gasteiger partial charge on any atom is -0.384 e. The third-order valence-electron chi connectivity index (χ3n) is 13.3. The molecule has 0 aliphatic carbocycles. The van der Waals surface area contributed by atoms with Crippen molar-refractivity contribution in [1.82, 2.24) is 49.5 Å². The van der Waals surface area contributed by atoms with Gasteiger partial charge in [0.15, 0.2) is 0 Å². The fourth-order valence-electron chi connectivity index (χ4n) is 9.22. The smallest absolute Gasteiger partial charge is 0.256 e. The Hall–Kier alpha value is -7.66. The summed E-state index contributed by atoms with van der Waals surface area (Å²) < 4.78 is 30.5. The topological polar surface area (TPSA) is 176 Å². The molecule has 3 fully saturated rings. The van der Waals surface area contributed by atoms with Gasteiger partial charge in [0, 0.05) is 86.5 Å². The number of nitrogen functional groups attached to an aromatic ring is 2. The van der Waals surface area contributed by atoms with Crippen LogP contribution in [0.25, 0.3) is 22.5 Å².